The number of hydrogen-bond acceptors (Lipinski definition) is 6. The first-order valence-electron chi connectivity index (χ1n) is 11.2. The number of allylic oxidation sites excluding steroid dienone is 1. The van der Waals surface area contributed by atoms with E-state index in [9.17, 15) is 14.0 Å². The van der Waals surface area contributed by atoms with Crippen LogP contribution in [0.3, 0.4) is 0 Å². The number of thiazole rings is 1. The summed E-state index contributed by atoms with van der Waals surface area (Å²) in [5.74, 6) is -0.274. The zero-order chi connectivity index (χ0) is 22.5. The topological polar surface area (TPSA) is 83.1 Å². The molecule has 0 radical (unpaired) electrons. The van der Waals surface area contributed by atoms with Gasteiger partial charge in [-0.15, -0.1) is 0 Å². The molecule has 1 aromatic carbocycles. The fraction of sp³-hybridized carbons (Fsp3) is 0.458. The van der Waals surface area contributed by atoms with E-state index in [1.165, 1.54) is 48.4 Å². The maximum Gasteiger partial charge on any atom is 0.267 e. The number of nitrogens with zero attached hydrogens (tertiary/aromatic N) is 1. The van der Waals surface area contributed by atoms with Crippen LogP contribution in [0.25, 0.3) is 0 Å². The Bertz CT molecular complexity index is 976. The Balaban J connectivity index is 1.24. The van der Waals surface area contributed by atoms with E-state index in [2.05, 4.69) is 20.9 Å². The van der Waals surface area contributed by atoms with Gasteiger partial charge in [-0.1, -0.05) is 17.4 Å². The van der Waals surface area contributed by atoms with Gasteiger partial charge in [0.05, 0.1) is 5.69 Å². The largest absolute Gasteiger partial charge is 0.359 e. The highest BCUT2D eigenvalue weighted by molar-refractivity contribution is 7.17. The van der Waals surface area contributed by atoms with E-state index in [-0.39, 0.29) is 29.5 Å². The quantitative estimate of drug-likeness (QED) is 0.477. The summed E-state index contributed by atoms with van der Waals surface area (Å²) >= 11 is 1.32. The lowest BCUT2D eigenvalue weighted by atomic mass is 9.83. The second kappa shape index (κ2) is 10.4. The fourth-order valence-corrected chi connectivity index (χ4v) is 4.86. The molecule has 1 heterocycles. The van der Waals surface area contributed by atoms with Gasteiger partial charge in [0, 0.05) is 30.2 Å². The van der Waals surface area contributed by atoms with Gasteiger partial charge in [-0.3, -0.25) is 9.59 Å². The second-order valence-electron chi connectivity index (χ2n) is 8.57. The van der Waals surface area contributed by atoms with Crippen molar-refractivity contribution >= 4 is 33.8 Å². The number of rotatable bonds is 9. The molecule has 1 aromatic heterocycles. The predicted molar refractivity (Wildman–Crippen MR) is 126 cm³/mol. The van der Waals surface area contributed by atoms with Crippen molar-refractivity contribution in [1.29, 1.82) is 0 Å². The molecule has 0 bridgehead atoms. The molecule has 4 rings (SSSR count). The Hall–Kier alpha value is -2.58. The van der Waals surface area contributed by atoms with Crippen LogP contribution in [0.1, 0.15) is 53.9 Å². The third-order valence-electron chi connectivity index (χ3n) is 5.95. The van der Waals surface area contributed by atoms with Crippen molar-refractivity contribution < 1.29 is 14.0 Å². The summed E-state index contributed by atoms with van der Waals surface area (Å²) in [6.07, 6.45) is 9.71. The Morgan fingerprint density at radius 2 is 1.78 bits per heavy atom. The number of anilines is 2. The molecule has 8 heteroatoms. The van der Waals surface area contributed by atoms with Crippen LogP contribution in [-0.2, 0) is 4.79 Å². The molecular weight excluding hydrogens is 427 g/mol. The van der Waals surface area contributed by atoms with Crippen LogP contribution in [0.2, 0.25) is 0 Å². The third kappa shape index (κ3) is 6.23. The van der Waals surface area contributed by atoms with Crippen LogP contribution in [0.4, 0.5) is 15.2 Å². The molecular formula is C24H29FN4O2S. The fourth-order valence-electron chi connectivity index (χ4n) is 3.92. The molecule has 2 aliphatic rings. The van der Waals surface area contributed by atoms with E-state index in [0.717, 1.165) is 32.2 Å². The molecule has 3 N–H and O–H groups in total. The molecule has 32 heavy (non-hydrogen) atoms. The molecule has 2 saturated carbocycles. The number of carbonyl (C=O) groups is 2. The molecule has 2 aliphatic carbocycles. The lowest BCUT2D eigenvalue weighted by Gasteiger charge is -2.27. The van der Waals surface area contributed by atoms with Crippen molar-refractivity contribution in [3.8, 4) is 0 Å². The van der Waals surface area contributed by atoms with Gasteiger partial charge >= 0.3 is 0 Å². The van der Waals surface area contributed by atoms with Crippen molar-refractivity contribution in [3.05, 3.63) is 52.8 Å². The molecule has 1 amide bonds. The van der Waals surface area contributed by atoms with Crippen LogP contribution in [0.15, 0.2) is 36.4 Å². The number of benzene rings is 1. The molecule has 2 aromatic rings. The minimum atomic E-state index is -0.346. The van der Waals surface area contributed by atoms with E-state index in [4.69, 9.17) is 0 Å². The van der Waals surface area contributed by atoms with Gasteiger partial charge in [0.15, 0.2) is 10.9 Å². The van der Waals surface area contributed by atoms with Gasteiger partial charge in [-0.2, -0.15) is 0 Å². The van der Waals surface area contributed by atoms with E-state index < -0.39 is 0 Å². The molecule has 6 nitrogen and oxygen atoms in total. The van der Waals surface area contributed by atoms with Crippen LogP contribution in [-0.4, -0.2) is 35.3 Å². The number of amides is 1. The van der Waals surface area contributed by atoms with Crippen LogP contribution in [0.5, 0.6) is 0 Å². The molecule has 170 valence electrons. The average molecular weight is 457 g/mol. The molecule has 0 aliphatic heterocycles. The smallest absolute Gasteiger partial charge is 0.267 e. The first kappa shape index (κ1) is 22.6. The summed E-state index contributed by atoms with van der Waals surface area (Å²) in [7, 11) is 0. The third-order valence-corrected chi connectivity index (χ3v) is 7.03. The zero-order valence-electron chi connectivity index (χ0n) is 18.2. The zero-order valence-corrected chi connectivity index (χ0v) is 19.0. The highest BCUT2D eigenvalue weighted by Gasteiger charge is 2.26. The van der Waals surface area contributed by atoms with Crippen molar-refractivity contribution in [1.82, 2.24) is 10.3 Å². The van der Waals surface area contributed by atoms with Crippen LogP contribution >= 0.6 is 11.3 Å². The maximum absolute atomic E-state index is 13.1. The number of aryl methyl sites for hydroxylation is 1. The van der Waals surface area contributed by atoms with Gasteiger partial charge in [0.2, 0.25) is 0 Å². The van der Waals surface area contributed by atoms with Crippen molar-refractivity contribution in [3.63, 3.8) is 0 Å². The Morgan fingerprint density at radius 1 is 1.09 bits per heavy atom. The summed E-state index contributed by atoms with van der Waals surface area (Å²) in [5.41, 5.74) is 1.20. The highest BCUT2D eigenvalue weighted by atomic mass is 32.1. The standard InChI is InChI=1S/C24H29FN4O2S/c1-15-22(23(31)28-19-10-6-17(25)7-11-19)32-24(27-15)29-20-8-4-16(5-9-20)21(30)3-2-14-26-18-12-13-18/h2-3,6-7,10-11,16,18,20,26H,4-5,8-9,12-14H2,1H3,(H,27,29)(H,28,31)/b3-2+. The van der Waals surface area contributed by atoms with Crippen molar-refractivity contribution in [2.45, 2.75) is 57.5 Å². The number of ketones is 1. The lowest BCUT2D eigenvalue weighted by molar-refractivity contribution is -0.119. The van der Waals surface area contributed by atoms with Crippen molar-refractivity contribution in [2.75, 3.05) is 17.2 Å². The van der Waals surface area contributed by atoms with E-state index in [0.29, 0.717) is 27.4 Å². The molecule has 0 saturated heterocycles. The SMILES string of the molecule is Cc1nc(NC2CCC(C(=O)/C=C/CNC3CC3)CC2)sc1C(=O)Nc1ccc(F)cc1. The predicted octanol–water partition coefficient (Wildman–Crippen LogP) is 4.69. The number of aromatic nitrogens is 1. The summed E-state index contributed by atoms with van der Waals surface area (Å²) in [6.45, 7) is 2.58. The van der Waals surface area contributed by atoms with E-state index in [1.807, 2.05) is 6.08 Å². The molecule has 0 atom stereocenters. The van der Waals surface area contributed by atoms with Crippen LogP contribution < -0.4 is 16.0 Å². The summed E-state index contributed by atoms with van der Waals surface area (Å²) in [4.78, 5) is 30.0. The highest BCUT2D eigenvalue weighted by Crippen LogP contribution is 2.30. The van der Waals surface area contributed by atoms with Gasteiger partial charge in [0.1, 0.15) is 10.7 Å². The lowest BCUT2D eigenvalue weighted by Crippen LogP contribution is -2.29. The second-order valence-corrected chi connectivity index (χ2v) is 9.57. The first-order valence-corrected chi connectivity index (χ1v) is 12.0. The van der Waals surface area contributed by atoms with Crippen LogP contribution in [0, 0.1) is 18.7 Å². The maximum atomic E-state index is 13.1. The monoisotopic (exact) mass is 456 g/mol. The average Bonchev–Trinajstić information content (AvgIpc) is 3.54. The molecule has 0 spiro atoms. The Kier molecular flexibility index (Phi) is 7.32. The normalized spacial score (nSPS) is 20.9. The number of hydrogen-bond donors (Lipinski definition) is 3. The minimum Gasteiger partial charge on any atom is -0.359 e. The Labute approximate surface area is 191 Å². The van der Waals surface area contributed by atoms with E-state index >= 15 is 0 Å². The van der Waals surface area contributed by atoms with Gasteiger partial charge in [0.25, 0.3) is 5.91 Å². The molecule has 2 fully saturated rings. The summed E-state index contributed by atoms with van der Waals surface area (Å²) < 4.78 is 13.1. The number of halogens is 1. The van der Waals surface area contributed by atoms with Crippen molar-refractivity contribution in [2.24, 2.45) is 5.92 Å². The number of carbonyl (C=O) groups excluding carboxylic acids is 2. The van der Waals surface area contributed by atoms with Gasteiger partial charge in [-0.05, 0) is 75.8 Å². The van der Waals surface area contributed by atoms with Gasteiger partial charge < -0.3 is 16.0 Å². The Morgan fingerprint density at radius 3 is 2.47 bits per heavy atom. The first-order chi connectivity index (χ1) is 15.5. The number of nitrogens with one attached hydrogen (secondary N) is 3. The minimum absolute atomic E-state index is 0.0975. The summed E-state index contributed by atoms with van der Waals surface area (Å²) in [6, 6.07) is 6.58. The van der Waals surface area contributed by atoms with Gasteiger partial charge in [-0.25, -0.2) is 9.37 Å². The summed E-state index contributed by atoms with van der Waals surface area (Å²) in [5, 5.41) is 10.3. The van der Waals surface area contributed by atoms with E-state index in [1.54, 1.807) is 13.0 Å². The molecule has 0 unspecified atom stereocenters.